The number of carbonyl (C=O) groups is 1. The Labute approximate surface area is 152 Å². The van der Waals surface area contributed by atoms with Crippen molar-refractivity contribution < 1.29 is 9.53 Å². The van der Waals surface area contributed by atoms with Gasteiger partial charge in [0.1, 0.15) is 5.75 Å². The van der Waals surface area contributed by atoms with Crippen LogP contribution in [0.25, 0.3) is 0 Å². The fourth-order valence-electron chi connectivity index (χ4n) is 2.49. The molecule has 0 spiro atoms. The molecular formula is C19H19Cl2NO2. The summed E-state index contributed by atoms with van der Waals surface area (Å²) in [6, 6.07) is 15.0. The molecule has 0 N–H and O–H groups in total. The van der Waals surface area contributed by atoms with Crippen molar-refractivity contribution >= 4 is 29.1 Å². The zero-order chi connectivity index (χ0) is 16.9. The summed E-state index contributed by atoms with van der Waals surface area (Å²) < 4.78 is 5.59. The van der Waals surface area contributed by atoms with Crippen LogP contribution in [0, 0.1) is 5.92 Å². The third-order valence-corrected chi connectivity index (χ3v) is 4.52. The van der Waals surface area contributed by atoms with Crippen molar-refractivity contribution in [1.82, 2.24) is 4.90 Å². The summed E-state index contributed by atoms with van der Waals surface area (Å²) in [7, 11) is 0. The van der Waals surface area contributed by atoms with E-state index < -0.39 is 0 Å². The molecule has 0 atom stereocenters. The Morgan fingerprint density at radius 3 is 2.54 bits per heavy atom. The largest absolute Gasteiger partial charge is 0.482 e. The van der Waals surface area contributed by atoms with E-state index in [4.69, 9.17) is 27.9 Å². The van der Waals surface area contributed by atoms with Crippen molar-refractivity contribution in [3.05, 3.63) is 64.1 Å². The lowest BCUT2D eigenvalue weighted by molar-refractivity contribution is -0.134. The van der Waals surface area contributed by atoms with Gasteiger partial charge in [-0.15, -0.1) is 0 Å². The van der Waals surface area contributed by atoms with Gasteiger partial charge in [-0.2, -0.15) is 0 Å². The first-order valence-corrected chi connectivity index (χ1v) is 8.77. The van der Waals surface area contributed by atoms with Crippen LogP contribution in [0.1, 0.15) is 18.4 Å². The van der Waals surface area contributed by atoms with E-state index in [0.29, 0.717) is 28.3 Å². The third kappa shape index (κ3) is 4.89. The van der Waals surface area contributed by atoms with Crippen molar-refractivity contribution in [3.63, 3.8) is 0 Å². The first-order valence-electron chi connectivity index (χ1n) is 8.01. The standard InChI is InChI=1S/C19H19Cl2NO2/c20-16-8-9-18(17(21)10-16)24-13-19(23)22(12-15-6-7-15)11-14-4-2-1-3-5-14/h1-5,8-10,15H,6-7,11-13H2. The van der Waals surface area contributed by atoms with Crippen LogP contribution < -0.4 is 4.74 Å². The number of halogens is 2. The van der Waals surface area contributed by atoms with Gasteiger partial charge < -0.3 is 9.64 Å². The second-order valence-electron chi connectivity index (χ2n) is 6.07. The lowest BCUT2D eigenvalue weighted by atomic mass is 10.2. The molecule has 0 heterocycles. The van der Waals surface area contributed by atoms with Crippen LogP contribution >= 0.6 is 23.2 Å². The van der Waals surface area contributed by atoms with Crippen molar-refractivity contribution in [1.29, 1.82) is 0 Å². The average Bonchev–Trinajstić information content (AvgIpc) is 3.38. The highest BCUT2D eigenvalue weighted by Gasteiger charge is 2.27. The van der Waals surface area contributed by atoms with Gasteiger partial charge in [0.25, 0.3) is 5.91 Å². The second kappa shape index (κ2) is 7.91. The Bertz CT molecular complexity index is 702. The van der Waals surface area contributed by atoms with Crippen LogP contribution in [0.3, 0.4) is 0 Å². The van der Waals surface area contributed by atoms with Gasteiger partial charge in [0.05, 0.1) is 5.02 Å². The number of amides is 1. The van der Waals surface area contributed by atoms with Crippen LogP contribution in [0.5, 0.6) is 5.75 Å². The molecule has 2 aromatic carbocycles. The minimum Gasteiger partial charge on any atom is -0.482 e. The molecule has 0 aliphatic heterocycles. The van der Waals surface area contributed by atoms with Crippen LogP contribution in [-0.2, 0) is 11.3 Å². The van der Waals surface area contributed by atoms with Gasteiger partial charge in [-0.3, -0.25) is 4.79 Å². The van der Waals surface area contributed by atoms with Crippen molar-refractivity contribution in [2.75, 3.05) is 13.2 Å². The number of ether oxygens (including phenoxy) is 1. The molecule has 1 aliphatic carbocycles. The van der Waals surface area contributed by atoms with Gasteiger partial charge in [0.2, 0.25) is 0 Å². The van der Waals surface area contributed by atoms with E-state index in [2.05, 4.69) is 0 Å². The van der Waals surface area contributed by atoms with Crippen molar-refractivity contribution in [2.24, 2.45) is 5.92 Å². The molecule has 24 heavy (non-hydrogen) atoms. The highest BCUT2D eigenvalue weighted by Crippen LogP contribution is 2.31. The van der Waals surface area contributed by atoms with E-state index in [1.807, 2.05) is 35.2 Å². The van der Waals surface area contributed by atoms with Crippen molar-refractivity contribution in [3.8, 4) is 5.75 Å². The van der Waals surface area contributed by atoms with Crippen LogP contribution in [0.4, 0.5) is 0 Å². The molecule has 2 aromatic rings. The summed E-state index contributed by atoms with van der Waals surface area (Å²) in [5.74, 6) is 1.06. The Morgan fingerprint density at radius 1 is 1.12 bits per heavy atom. The number of benzene rings is 2. The molecule has 1 aliphatic rings. The quantitative estimate of drug-likeness (QED) is 0.706. The minimum absolute atomic E-state index is 0.0269. The van der Waals surface area contributed by atoms with E-state index in [0.717, 1.165) is 12.1 Å². The molecule has 126 valence electrons. The molecule has 1 saturated carbocycles. The molecule has 0 bridgehead atoms. The average molecular weight is 364 g/mol. The Morgan fingerprint density at radius 2 is 1.88 bits per heavy atom. The fraction of sp³-hybridized carbons (Fsp3) is 0.316. The lowest BCUT2D eigenvalue weighted by Gasteiger charge is -2.23. The first-order chi connectivity index (χ1) is 11.6. The fourth-order valence-corrected chi connectivity index (χ4v) is 2.96. The van der Waals surface area contributed by atoms with E-state index in [1.54, 1.807) is 18.2 Å². The molecule has 1 fully saturated rings. The smallest absolute Gasteiger partial charge is 0.260 e. The zero-order valence-corrected chi connectivity index (χ0v) is 14.8. The molecule has 0 radical (unpaired) electrons. The minimum atomic E-state index is -0.0308. The maximum atomic E-state index is 12.6. The van der Waals surface area contributed by atoms with Gasteiger partial charge >= 0.3 is 0 Å². The summed E-state index contributed by atoms with van der Waals surface area (Å²) in [6.07, 6.45) is 2.39. The maximum Gasteiger partial charge on any atom is 0.260 e. The first kappa shape index (κ1) is 17.1. The molecule has 3 rings (SSSR count). The molecule has 5 heteroatoms. The monoisotopic (exact) mass is 363 g/mol. The highest BCUT2D eigenvalue weighted by atomic mass is 35.5. The van der Waals surface area contributed by atoms with Gasteiger partial charge in [0.15, 0.2) is 6.61 Å². The Kier molecular flexibility index (Phi) is 5.64. The number of nitrogens with zero attached hydrogens (tertiary/aromatic N) is 1. The van der Waals surface area contributed by atoms with Gasteiger partial charge in [-0.1, -0.05) is 53.5 Å². The number of rotatable bonds is 7. The normalized spacial score (nSPS) is 13.6. The van der Waals surface area contributed by atoms with Gasteiger partial charge in [0, 0.05) is 18.1 Å². The number of carbonyl (C=O) groups excluding carboxylic acids is 1. The van der Waals surface area contributed by atoms with Crippen LogP contribution in [0.2, 0.25) is 10.0 Å². The molecule has 1 amide bonds. The molecular weight excluding hydrogens is 345 g/mol. The molecule has 3 nitrogen and oxygen atoms in total. The number of hydrogen-bond donors (Lipinski definition) is 0. The topological polar surface area (TPSA) is 29.5 Å². The predicted octanol–water partition coefficient (Wildman–Crippen LogP) is 4.81. The molecule has 0 aromatic heterocycles. The summed E-state index contributed by atoms with van der Waals surface area (Å²) >= 11 is 12.0. The van der Waals surface area contributed by atoms with E-state index in [1.165, 1.54) is 12.8 Å². The van der Waals surface area contributed by atoms with E-state index >= 15 is 0 Å². The summed E-state index contributed by atoms with van der Waals surface area (Å²) in [6.45, 7) is 1.36. The van der Waals surface area contributed by atoms with Gasteiger partial charge in [-0.05, 0) is 42.5 Å². The summed E-state index contributed by atoms with van der Waals surface area (Å²) in [5, 5.41) is 0.949. The third-order valence-electron chi connectivity index (χ3n) is 3.99. The maximum absolute atomic E-state index is 12.6. The SMILES string of the molecule is O=C(COc1ccc(Cl)cc1Cl)N(Cc1ccccc1)CC1CC1. The Hall–Kier alpha value is -1.71. The Balaban J connectivity index is 1.62. The van der Waals surface area contributed by atoms with Gasteiger partial charge in [-0.25, -0.2) is 0 Å². The predicted molar refractivity (Wildman–Crippen MR) is 96.5 cm³/mol. The zero-order valence-electron chi connectivity index (χ0n) is 13.3. The van der Waals surface area contributed by atoms with Crippen molar-refractivity contribution in [2.45, 2.75) is 19.4 Å². The van der Waals surface area contributed by atoms with Crippen LogP contribution in [-0.4, -0.2) is 24.0 Å². The van der Waals surface area contributed by atoms with E-state index in [-0.39, 0.29) is 12.5 Å². The lowest BCUT2D eigenvalue weighted by Crippen LogP contribution is -2.36. The summed E-state index contributed by atoms with van der Waals surface area (Å²) in [5.41, 5.74) is 1.12. The van der Waals surface area contributed by atoms with Crippen LogP contribution in [0.15, 0.2) is 48.5 Å². The van der Waals surface area contributed by atoms with E-state index in [9.17, 15) is 4.79 Å². The molecule has 0 saturated heterocycles. The number of hydrogen-bond acceptors (Lipinski definition) is 2. The second-order valence-corrected chi connectivity index (χ2v) is 6.91. The summed E-state index contributed by atoms with van der Waals surface area (Å²) in [4.78, 5) is 14.5. The molecule has 0 unspecified atom stereocenters. The highest BCUT2D eigenvalue weighted by molar-refractivity contribution is 6.35.